The molecule has 4 nitrogen and oxygen atoms in total. The van der Waals surface area contributed by atoms with Crippen molar-refractivity contribution in [3.8, 4) is 5.75 Å². The van der Waals surface area contributed by atoms with Crippen molar-refractivity contribution in [2.24, 2.45) is 0 Å². The number of hydrogen-bond acceptors (Lipinski definition) is 4. The third-order valence-corrected chi connectivity index (χ3v) is 3.11. The van der Waals surface area contributed by atoms with Crippen molar-refractivity contribution in [2.75, 3.05) is 19.4 Å². The minimum absolute atomic E-state index is 0.675. The highest BCUT2D eigenvalue weighted by Crippen LogP contribution is 2.23. The summed E-state index contributed by atoms with van der Waals surface area (Å²) in [7, 11) is 1.63. The van der Waals surface area contributed by atoms with Crippen LogP contribution < -0.4 is 10.5 Å². The number of nitrogen functional groups attached to an aromatic ring is 1. The van der Waals surface area contributed by atoms with E-state index in [9.17, 15) is 0 Å². The molecule has 19 heavy (non-hydrogen) atoms. The molecule has 0 atom stereocenters. The molecule has 0 saturated carbocycles. The smallest absolute Gasteiger partial charge is 0.141 e. The highest BCUT2D eigenvalue weighted by molar-refractivity contribution is 5.54. The molecule has 0 amide bonds. The van der Waals surface area contributed by atoms with Gasteiger partial charge in [-0.1, -0.05) is 13.0 Å². The van der Waals surface area contributed by atoms with Crippen LogP contribution in [-0.4, -0.2) is 18.6 Å². The molecule has 0 aliphatic rings. The van der Waals surface area contributed by atoms with Gasteiger partial charge in [0.2, 0.25) is 0 Å². The Hall–Kier alpha value is -1.94. The molecule has 0 unspecified atom stereocenters. The Morgan fingerprint density at radius 3 is 2.68 bits per heavy atom. The largest absolute Gasteiger partial charge is 0.495 e. The fourth-order valence-electron chi connectivity index (χ4n) is 2.04. The van der Waals surface area contributed by atoms with Crippen LogP contribution in [0.3, 0.4) is 0 Å². The van der Waals surface area contributed by atoms with E-state index in [0.717, 1.165) is 31.1 Å². The van der Waals surface area contributed by atoms with Crippen LogP contribution in [-0.2, 0) is 13.1 Å². The summed E-state index contributed by atoms with van der Waals surface area (Å²) < 4.78 is 10.5. The summed E-state index contributed by atoms with van der Waals surface area (Å²) in [5.74, 6) is 1.70. The van der Waals surface area contributed by atoms with E-state index >= 15 is 0 Å². The number of ether oxygens (including phenoxy) is 1. The van der Waals surface area contributed by atoms with Crippen molar-refractivity contribution in [2.45, 2.75) is 20.0 Å². The average molecular weight is 260 g/mol. The van der Waals surface area contributed by atoms with Gasteiger partial charge in [-0.3, -0.25) is 4.90 Å². The number of nitrogens with two attached hydrogens (primary N) is 1. The number of hydrogen-bond donors (Lipinski definition) is 1. The quantitative estimate of drug-likeness (QED) is 0.811. The summed E-state index contributed by atoms with van der Waals surface area (Å²) in [5, 5.41) is 0. The van der Waals surface area contributed by atoms with E-state index in [1.165, 1.54) is 5.56 Å². The fraction of sp³-hybridized carbons (Fsp3) is 0.333. The van der Waals surface area contributed by atoms with Crippen LogP contribution in [0.1, 0.15) is 18.2 Å². The van der Waals surface area contributed by atoms with Gasteiger partial charge in [-0.2, -0.15) is 0 Å². The second-order valence-electron chi connectivity index (χ2n) is 4.46. The van der Waals surface area contributed by atoms with Gasteiger partial charge in [-0.15, -0.1) is 0 Å². The lowest BCUT2D eigenvalue weighted by Gasteiger charge is -2.19. The van der Waals surface area contributed by atoms with E-state index in [0.29, 0.717) is 5.69 Å². The van der Waals surface area contributed by atoms with E-state index < -0.39 is 0 Å². The normalized spacial score (nSPS) is 10.9. The Labute approximate surface area is 113 Å². The summed E-state index contributed by atoms with van der Waals surface area (Å²) in [5.41, 5.74) is 7.77. The van der Waals surface area contributed by atoms with E-state index in [4.69, 9.17) is 14.9 Å². The molecule has 2 N–H and O–H groups in total. The highest BCUT2D eigenvalue weighted by Gasteiger charge is 2.08. The van der Waals surface area contributed by atoms with Crippen molar-refractivity contribution >= 4 is 5.69 Å². The monoisotopic (exact) mass is 260 g/mol. The third-order valence-electron chi connectivity index (χ3n) is 3.11. The van der Waals surface area contributed by atoms with Gasteiger partial charge >= 0.3 is 0 Å². The zero-order chi connectivity index (χ0) is 13.7. The van der Waals surface area contributed by atoms with Crippen molar-refractivity contribution < 1.29 is 9.15 Å². The molecule has 4 heteroatoms. The molecular formula is C15H20N2O2. The van der Waals surface area contributed by atoms with Gasteiger partial charge in [0.05, 0.1) is 25.6 Å². The topological polar surface area (TPSA) is 51.6 Å². The molecule has 102 valence electrons. The van der Waals surface area contributed by atoms with Crippen molar-refractivity contribution in [1.29, 1.82) is 0 Å². The Morgan fingerprint density at radius 2 is 2.11 bits per heavy atom. The molecule has 0 bridgehead atoms. The first-order chi connectivity index (χ1) is 9.22. The van der Waals surface area contributed by atoms with Crippen LogP contribution in [0.15, 0.2) is 41.0 Å². The fourth-order valence-corrected chi connectivity index (χ4v) is 2.04. The summed E-state index contributed by atoms with van der Waals surface area (Å²) in [4.78, 5) is 2.29. The molecule has 0 aliphatic heterocycles. The van der Waals surface area contributed by atoms with Gasteiger partial charge in [-0.25, -0.2) is 0 Å². The summed E-state index contributed by atoms with van der Waals surface area (Å²) in [6, 6.07) is 9.81. The summed E-state index contributed by atoms with van der Waals surface area (Å²) >= 11 is 0. The van der Waals surface area contributed by atoms with Gasteiger partial charge in [0.25, 0.3) is 0 Å². The van der Waals surface area contributed by atoms with Gasteiger partial charge < -0.3 is 14.9 Å². The molecule has 0 radical (unpaired) electrons. The number of rotatable bonds is 6. The van der Waals surface area contributed by atoms with Gasteiger partial charge in [0.15, 0.2) is 0 Å². The first-order valence-corrected chi connectivity index (χ1v) is 6.40. The van der Waals surface area contributed by atoms with Gasteiger partial charge in [0, 0.05) is 6.54 Å². The molecule has 2 aromatic rings. The number of nitrogens with zero attached hydrogens (tertiary/aromatic N) is 1. The van der Waals surface area contributed by atoms with E-state index in [2.05, 4.69) is 11.8 Å². The lowest BCUT2D eigenvalue weighted by Crippen LogP contribution is -2.22. The standard InChI is InChI=1S/C15H20N2O2/c1-3-17(11-13-5-4-8-19-13)10-12-6-7-15(18-2)14(16)9-12/h4-9H,3,10-11,16H2,1-2H3. The Balaban J connectivity index is 2.03. The molecule has 1 aromatic heterocycles. The first kappa shape index (κ1) is 13.5. The number of furan rings is 1. The summed E-state index contributed by atoms with van der Waals surface area (Å²) in [6.07, 6.45) is 1.70. The third kappa shape index (κ3) is 3.51. The minimum atomic E-state index is 0.675. The molecule has 0 saturated heterocycles. The van der Waals surface area contributed by atoms with Gasteiger partial charge in [-0.05, 0) is 36.4 Å². The molecule has 0 spiro atoms. The highest BCUT2D eigenvalue weighted by atomic mass is 16.5. The molecule has 1 aromatic carbocycles. The average Bonchev–Trinajstić information content (AvgIpc) is 2.91. The second-order valence-corrected chi connectivity index (χ2v) is 4.46. The maximum absolute atomic E-state index is 5.92. The zero-order valence-corrected chi connectivity index (χ0v) is 11.4. The predicted molar refractivity (Wildman–Crippen MR) is 75.9 cm³/mol. The Morgan fingerprint density at radius 1 is 1.26 bits per heavy atom. The van der Waals surface area contributed by atoms with Crippen LogP contribution in [0.5, 0.6) is 5.75 Å². The van der Waals surface area contributed by atoms with E-state index in [-0.39, 0.29) is 0 Å². The number of methoxy groups -OCH3 is 1. The Kier molecular flexibility index (Phi) is 4.47. The first-order valence-electron chi connectivity index (χ1n) is 6.40. The number of anilines is 1. The lowest BCUT2D eigenvalue weighted by molar-refractivity contribution is 0.248. The minimum Gasteiger partial charge on any atom is -0.495 e. The van der Waals surface area contributed by atoms with Crippen LogP contribution in [0.25, 0.3) is 0 Å². The van der Waals surface area contributed by atoms with Crippen molar-refractivity contribution in [3.63, 3.8) is 0 Å². The predicted octanol–water partition coefficient (Wildman–Crippen LogP) is 2.89. The SMILES string of the molecule is CCN(Cc1ccc(OC)c(N)c1)Cc1ccco1. The molecule has 0 aliphatic carbocycles. The van der Waals surface area contributed by atoms with Crippen LogP contribution in [0.2, 0.25) is 0 Å². The van der Waals surface area contributed by atoms with E-state index in [1.807, 2.05) is 30.3 Å². The molecular weight excluding hydrogens is 240 g/mol. The summed E-state index contributed by atoms with van der Waals surface area (Å²) in [6.45, 7) is 4.73. The lowest BCUT2D eigenvalue weighted by atomic mass is 10.1. The maximum Gasteiger partial charge on any atom is 0.141 e. The number of benzene rings is 1. The van der Waals surface area contributed by atoms with Crippen LogP contribution in [0.4, 0.5) is 5.69 Å². The van der Waals surface area contributed by atoms with Crippen molar-refractivity contribution in [3.05, 3.63) is 47.9 Å². The molecule has 0 fully saturated rings. The molecule has 2 rings (SSSR count). The maximum atomic E-state index is 5.92. The second kappa shape index (κ2) is 6.29. The van der Waals surface area contributed by atoms with Gasteiger partial charge in [0.1, 0.15) is 11.5 Å². The van der Waals surface area contributed by atoms with E-state index in [1.54, 1.807) is 13.4 Å². The van der Waals surface area contributed by atoms with Crippen molar-refractivity contribution in [1.82, 2.24) is 4.90 Å². The van der Waals surface area contributed by atoms with Crippen LogP contribution >= 0.6 is 0 Å². The Bertz CT molecular complexity index is 509. The van der Waals surface area contributed by atoms with Crippen LogP contribution in [0, 0.1) is 0 Å². The zero-order valence-electron chi connectivity index (χ0n) is 11.4. The molecule has 1 heterocycles.